The molecule has 1 aromatic rings. The molecule has 4 heteroatoms. The molecule has 1 unspecified atom stereocenters. The smallest absolute Gasteiger partial charge is 0.231 e. The Labute approximate surface area is 107 Å². The van der Waals surface area contributed by atoms with E-state index in [1.54, 1.807) is 0 Å². The molecule has 0 radical (unpaired) electrons. The van der Waals surface area contributed by atoms with Crippen LogP contribution in [0.1, 0.15) is 24.8 Å². The van der Waals surface area contributed by atoms with Gasteiger partial charge in [0.15, 0.2) is 11.5 Å². The zero-order valence-corrected chi connectivity index (χ0v) is 10.4. The van der Waals surface area contributed by atoms with Crippen LogP contribution >= 0.6 is 0 Å². The molecule has 1 atom stereocenters. The van der Waals surface area contributed by atoms with Crippen LogP contribution in [0, 0.1) is 0 Å². The molecule has 2 aliphatic rings. The summed E-state index contributed by atoms with van der Waals surface area (Å²) in [5, 5.41) is 0. The molecule has 1 aromatic carbocycles. The van der Waals surface area contributed by atoms with E-state index in [0.29, 0.717) is 19.5 Å². The van der Waals surface area contributed by atoms with Crippen molar-refractivity contribution in [2.45, 2.75) is 32.0 Å². The zero-order valence-electron chi connectivity index (χ0n) is 10.4. The average Bonchev–Trinajstić information content (AvgIpc) is 3.09. The molecule has 0 saturated carbocycles. The van der Waals surface area contributed by atoms with E-state index in [9.17, 15) is 0 Å². The molecule has 18 heavy (non-hydrogen) atoms. The number of benzene rings is 1. The SMILES string of the molecule is c1cc2c(cc1COCCCCC1CO1)OCO2. The van der Waals surface area contributed by atoms with E-state index in [1.165, 1.54) is 12.8 Å². The van der Waals surface area contributed by atoms with Crippen LogP contribution in [0.25, 0.3) is 0 Å². The van der Waals surface area contributed by atoms with Gasteiger partial charge in [-0.05, 0) is 37.0 Å². The molecular weight excluding hydrogens is 232 g/mol. The standard InChI is InChI=1S/C14H18O4/c1(3-12-9-16-12)2-6-15-8-11-4-5-13-14(7-11)18-10-17-13/h4-5,7,12H,1-3,6,8-10H2. The predicted octanol–water partition coefficient (Wildman–Crippen LogP) is 2.50. The molecule has 0 N–H and O–H groups in total. The minimum Gasteiger partial charge on any atom is -0.454 e. The third kappa shape index (κ3) is 3.15. The van der Waals surface area contributed by atoms with Gasteiger partial charge >= 0.3 is 0 Å². The van der Waals surface area contributed by atoms with Crippen LogP contribution in [0.3, 0.4) is 0 Å². The lowest BCUT2D eigenvalue weighted by atomic mass is 10.2. The van der Waals surface area contributed by atoms with Crippen molar-refractivity contribution >= 4 is 0 Å². The van der Waals surface area contributed by atoms with Gasteiger partial charge in [0.25, 0.3) is 0 Å². The second kappa shape index (κ2) is 5.59. The predicted molar refractivity (Wildman–Crippen MR) is 65.8 cm³/mol. The first-order valence-electron chi connectivity index (χ1n) is 6.50. The van der Waals surface area contributed by atoms with Gasteiger partial charge in [0, 0.05) is 6.61 Å². The lowest BCUT2D eigenvalue weighted by Crippen LogP contribution is -1.97. The molecule has 0 aliphatic carbocycles. The van der Waals surface area contributed by atoms with Gasteiger partial charge < -0.3 is 18.9 Å². The van der Waals surface area contributed by atoms with Gasteiger partial charge in [0.2, 0.25) is 6.79 Å². The minimum atomic E-state index is 0.322. The van der Waals surface area contributed by atoms with E-state index < -0.39 is 0 Å². The molecule has 98 valence electrons. The molecule has 1 saturated heterocycles. The highest BCUT2D eigenvalue weighted by Crippen LogP contribution is 2.32. The van der Waals surface area contributed by atoms with E-state index >= 15 is 0 Å². The third-order valence-electron chi connectivity index (χ3n) is 3.17. The summed E-state index contributed by atoms with van der Waals surface area (Å²) in [5.41, 5.74) is 1.13. The van der Waals surface area contributed by atoms with Crippen LogP contribution in [0.2, 0.25) is 0 Å². The zero-order chi connectivity index (χ0) is 12.2. The van der Waals surface area contributed by atoms with Crippen molar-refractivity contribution in [1.29, 1.82) is 0 Å². The van der Waals surface area contributed by atoms with Crippen molar-refractivity contribution < 1.29 is 18.9 Å². The lowest BCUT2D eigenvalue weighted by molar-refractivity contribution is 0.116. The first-order valence-corrected chi connectivity index (χ1v) is 6.50. The quantitative estimate of drug-likeness (QED) is 0.550. The van der Waals surface area contributed by atoms with E-state index in [0.717, 1.165) is 36.7 Å². The average molecular weight is 250 g/mol. The monoisotopic (exact) mass is 250 g/mol. The Balaban J connectivity index is 1.34. The molecule has 0 spiro atoms. The van der Waals surface area contributed by atoms with Gasteiger partial charge in [0.1, 0.15) is 0 Å². The van der Waals surface area contributed by atoms with Gasteiger partial charge in [0.05, 0.1) is 19.3 Å². The topological polar surface area (TPSA) is 40.2 Å². The normalized spacial score (nSPS) is 20.1. The Hall–Kier alpha value is -1.26. The van der Waals surface area contributed by atoms with Gasteiger partial charge in [-0.2, -0.15) is 0 Å². The molecule has 0 bridgehead atoms. The fraction of sp³-hybridized carbons (Fsp3) is 0.571. The molecule has 2 heterocycles. The fourth-order valence-electron chi connectivity index (χ4n) is 2.03. The van der Waals surface area contributed by atoms with Crippen molar-refractivity contribution in [2.75, 3.05) is 20.0 Å². The third-order valence-corrected chi connectivity index (χ3v) is 3.17. The second-order valence-corrected chi connectivity index (χ2v) is 4.69. The molecule has 0 aromatic heterocycles. The highest BCUT2D eigenvalue weighted by Gasteiger charge is 2.20. The highest BCUT2D eigenvalue weighted by atomic mass is 16.7. The van der Waals surface area contributed by atoms with Crippen LogP contribution in [-0.4, -0.2) is 26.1 Å². The first kappa shape index (κ1) is 11.8. The van der Waals surface area contributed by atoms with Crippen LogP contribution < -0.4 is 9.47 Å². The maximum atomic E-state index is 5.64. The number of rotatable bonds is 7. The van der Waals surface area contributed by atoms with E-state index in [-0.39, 0.29) is 0 Å². The molecule has 1 fully saturated rings. The van der Waals surface area contributed by atoms with E-state index in [1.807, 2.05) is 18.2 Å². The summed E-state index contributed by atoms with van der Waals surface area (Å²) in [5.74, 6) is 1.64. The van der Waals surface area contributed by atoms with Gasteiger partial charge in [-0.3, -0.25) is 0 Å². The Morgan fingerprint density at radius 1 is 1.17 bits per heavy atom. The maximum Gasteiger partial charge on any atom is 0.231 e. The Kier molecular flexibility index (Phi) is 3.67. The summed E-state index contributed by atoms with van der Waals surface area (Å²) in [7, 11) is 0. The summed E-state index contributed by atoms with van der Waals surface area (Å²) in [6.07, 6.45) is 4.00. The summed E-state index contributed by atoms with van der Waals surface area (Å²) >= 11 is 0. The van der Waals surface area contributed by atoms with Crippen molar-refractivity contribution in [2.24, 2.45) is 0 Å². The Morgan fingerprint density at radius 3 is 2.94 bits per heavy atom. The summed E-state index contributed by atoms with van der Waals surface area (Å²) < 4.78 is 21.4. The lowest BCUT2D eigenvalue weighted by Gasteiger charge is -2.05. The number of ether oxygens (including phenoxy) is 4. The van der Waals surface area contributed by atoms with Crippen molar-refractivity contribution in [3.8, 4) is 11.5 Å². The van der Waals surface area contributed by atoms with Crippen molar-refractivity contribution in [3.05, 3.63) is 23.8 Å². The van der Waals surface area contributed by atoms with Crippen molar-refractivity contribution in [1.82, 2.24) is 0 Å². The summed E-state index contributed by atoms with van der Waals surface area (Å²) in [6, 6.07) is 5.94. The number of epoxide rings is 1. The number of fused-ring (bicyclic) bond motifs is 1. The van der Waals surface area contributed by atoms with E-state index in [4.69, 9.17) is 18.9 Å². The Morgan fingerprint density at radius 2 is 2.06 bits per heavy atom. The first-order chi connectivity index (χ1) is 8.92. The highest BCUT2D eigenvalue weighted by molar-refractivity contribution is 5.44. The second-order valence-electron chi connectivity index (χ2n) is 4.69. The van der Waals surface area contributed by atoms with Crippen LogP contribution in [0.4, 0.5) is 0 Å². The van der Waals surface area contributed by atoms with Crippen LogP contribution in [0.15, 0.2) is 18.2 Å². The van der Waals surface area contributed by atoms with Gasteiger partial charge in [-0.15, -0.1) is 0 Å². The van der Waals surface area contributed by atoms with E-state index in [2.05, 4.69) is 0 Å². The van der Waals surface area contributed by atoms with Crippen molar-refractivity contribution in [3.63, 3.8) is 0 Å². The number of hydrogen-bond acceptors (Lipinski definition) is 4. The summed E-state index contributed by atoms with van der Waals surface area (Å²) in [6.45, 7) is 2.72. The molecule has 2 aliphatic heterocycles. The van der Waals surface area contributed by atoms with Crippen LogP contribution in [-0.2, 0) is 16.1 Å². The van der Waals surface area contributed by atoms with Gasteiger partial charge in [-0.1, -0.05) is 6.07 Å². The largest absolute Gasteiger partial charge is 0.454 e. The fourth-order valence-corrected chi connectivity index (χ4v) is 2.03. The minimum absolute atomic E-state index is 0.322. The summed E-state index contributed by atoms with van der Waals surface area (Å²) in [4.78, 5) is 0. The molecule has 3 rings (SSSR count). The Bertz CT molecular complexity index is 401. The number of unbranched alkanes of at least 4 members (excludes halogenated alkanes) is 1. The maximum absolute atomic E-state index is 5.64. The molecule has 0 amide bonds. The molecule has 4 nitrogen and oxygen atoms in total. The van der Waals surface area contributed by atoms with Gasteiger partial charge in [-0.25, -0.2) is 0 Å². The van der Waals surface area contributed by atoms with Crippen LogP contribution in [0.5, 0.6) is 11.5 Å². The number of hydrogen-bond donors (Lipinski definition) is 0. The molecular formula is C14H18O4.